The van der Waals surface area contributed by atoms with Gasteiger partial charge in [0.05, 0.1) is 25.2 Å². The average Bonchev–Trinajstić information content (AvgIpc) is 2.42. The van der Waals surface area contributed by atoms with Crippen LogP contribution in [0.25, 0.3) is 0 Å². The van der Waals surface area contributed by atoms with E-state index in [0.717, 1.165) is 12.1 Å². The fraction of sp³-hybridized carbons (Fsp3) is 0.333. The topological polar surface area (TPSA) is 142 Å². The number of methoxy groups -OCH3 is 2. The second-order valence-corrected chi connectivity index (χ2v) is 3.97. The molecule has 1 aromatic rings. The fourth-order valence-corrected chi connectivity index (χ4v) is 1.81. The SMILES string of the molecule is COc1cc([C@@H](CC(=O)[O-])C(=O)[O-])c([N+](=O)[O-])cc1OC. The Labute approximate surface area is 118 Å². The normalized spacial score (nSPS) is 11.5. The molecule has 0 aliphatic heterocycles. The van der Waals surface area contributed by atoms with E-state index in [1.807, 2.05) is 0 Å². The molecule has 1 aromatic carbocycles. The molecule has 0 saturated carbocycles. The maximum absolute atomic E-state index is 11.1. The minimum atomic E-state index is -1.77. The number of benzene rings is 1. The second-order valence-electron chi connectivity index (χ2n) is 3.97. The van der Waals surface area contributed by atoms with Crippen LogP contribution in [0.15, 0.2) is 12.1 Å². The van der Waals surface area contributed by atoms with Crippen molar-refractivity contribution < 1.29 is 34.2 Å². The van der Waals surface area contributed by atoms with Gasteiger partial charge in [0.2, 0.25) is 0 Å². The summed E-state index contributed by atoms with van der Waals surface area (Å²) in [4.78, 5) is 31.9. The molecular formula is C12H11NO8-2. The van der Waals surface area contributed by atoms with Crippen LogP contribution in [-0.2, 0) is 9.59 Å². The van der Waals surface area contributed by atoms with Gasteiger partial charge in [-0.05, 0) is 12.5 Å². The molecule has 1 rings (SSSR count). The summed E-state index contributed by atoms with van der Waals surface area (Å²) in [5.41, 5.74) is -0.968. The summed E-state index contributed by atoms with van der Waals surface area (Å²) >= 11 is 0. The summed E-state index contributed by atoms with van der Waals surface area (Å²) in [7, 11) is 2.50. The Bertz CT molecular complexity index is 583. The van der Waals surface area contributed by atoms with E-state index in [1.165, 1.54) is 14.2 Å². The number of carboxylic acid groups (broad SMARTS) is 2. The van der Waals surface area contributed by atoms with Crippen molar-refractivity contribution in [2.24, 2.45) is 0 Å². The summed E-state index contributed by atoms with van der Waals surface area (Å²) in [6.45, 7) is 0. The lowest BCUT2D eigenvalue weighted by atomic mass is 9.93. The first kappa shape index (κ1) is 16.2. The summed E-state index contributed by atoms with van der Waals surface area (Å²) in [5.74, 6) is -5.14. The predicted molar refractivity (Wildman–Crippen MR) is 63.6 cm³/mol. The first-order valence-corrected chi connectivity index (χ1v) is 5.62. The lowest BCUT2D eigenvalue weighted by molar-refractivity contribution is -0.386. The van der Waals surface area contributed by atoms with Crippen molar-refractivity contribution in [3.05, 3.63) is 27.8 Å². The van der Waals surface area contributed by atoms with E-state index >= 15 is 0 Å². The molecule has 1 atom stereocenters. The number of carbonyl (C=O) groups excluding carboxylic acids is 2. The molecule has 0 amide bonds. The summed E-state index contributed by atoms with van der Waals surface area (Å²) in [6.07, 6.45) is -0.960. The van der Waals surface area contributed by atoms with Gasteiger partial charge in [-0.3, -0.25) is 10.1 Å². The molecule has 0 unspecified atom stereocenters. The quantitative estimate of drug-likeness (QED) is 0.441. The molecule has 0 fully saturated rings. The standard InChI is InChI=1S/C12H13NO8/c1-20-9-3-6(7(12(16)17)4-11(14)15)8(13(18)19)5-10(9)21-2/h3,5,7H,4H2,1-2H3,(H,14,15)(H,16,17)/p-2/t7-/m1/s1. The van der Waals surface area contributed by atoms with Crippen molar-refractivity contribution in [1.29, 1.82) is 0 Å². The molecule has 9 nitrogen and oxygen atoms in total. The smallest absolute Gasteiger partial charge is 0.277 e. The Kier molecular flexibility index (Phi) is 5.06. The van der Waals surface area contributed by atoms with Crippen LogP contribution in [0.4, 0.5) is 5.69 Å². The van der Waals surface area contributed by atoms with E-state index in [9.17, 15) is 29.9 Å². The van der Waals surface area contributed by atoms with Crippen LogP contribution in [0.1, 0.15) is 17.9 Å². The van der Waals surface area contributed by atoms with Crippen molar-refractivity contribution in [1.82, 2.24) is 0 Å². The molecular weight excluding hydrogens is 286 g/mol. The van der Waals surface area contributed by atoms with Crippen molar-refractivity contribution in [3.8, 4) is 11.5 Å². The molecule has 9 heteroatoms. The number of hydrogen-bond donors (Lipinski definition) is 0. The highest BCUT2D eigenvalue weighted by Crippen LogP contribution is 2.38. The van der Waals surface area contributed by atoms with Gasteiger partial charge in [-0.1, -0.05) is 0 Å². The minimum absolute atomic E-state index is 0.0125. The maximum Gasteiger partial charge on any atom is 0.277 e. The molecule has 0 spiro atoms. The van der Waals surface area contributed by atoms with E-state index in [4.69, 9.17) is 9.47 Å². The average molecular weight is 297 g/mol. The number of carbonyl (C=O) groups is 2. The Morgan fingerprint density at radius 2 is 1.71 bits per heavy atom. The number of nitro benzene ring substituents is 1. The number of rotatable bonds is 7. The zero-order chi connectivity index (χ0) is 16.2. The predicted octanol–water partition coefficient (Wildman–Crippen LogP) is -1.41. The molecule has 0 aromatic heterocycles. The second kappa shape index (κ2) is 6.55. The Hall–Kier alpha value is -2.84. The number of nitrogens with zero attached hydrogens (tertiary/aromatic N) is 1. The van der Waals surface area contributed by atoms with Crippen molar-refractivity contribution >= 4 is 17.6 Å². The van der Waals surface area contributed by atoms with Gasteiger partial charge in [0.1, 0.15) is 0 Å². The Balaban J connectivity index is 3.52. The van der Waals surface area contributed by atoms with Gasteiger partial charge in [-0.2, -0.15) is 0 Å². The Morgan fingerprint density at radius 1 is 1.19 bits per heavy atom. The lowest BCUT2D eigenvalue weighted by Gasteiger charge is -2.20. The number of carboxylic acids is 2. The van der Waals surface area contributed by atoms with E-state index in [1.54, 1.807) is 0 Å². The molecule has 21 heavy (non-hydrogen) atoms. The van der Waals surface area contributed by atoms with Crippen LogP contribution >= 0.6 is 0 Å². The lowest BCUT2D eigenvalue weighted by Crippen LogP contribution is -2.35. The first-order chi connectivity index (χ1) is 9.81. The third-order valence-corrected chi connectivity index (χ3v) is 2.76. The zero-order valence-corrected chi connectivity index (χ0v) is 11.2. The maximum atomic E-state index is 11.1. The van der Waals surface area contributed by atoms with Gasteiger partial charge in [0, 0.05) is 23.4 Å². The minimum Gasteiger partial charge on any atom is -0.550 e. The molecule has 0 radical (unpaired) electrons. The van der Waals surface area contributed by atoms with Gasteiger partial charge >= 0.3 is 0 Å². The van der Waals surface area contributed by atoms with E-state index in [-0.39, 0.29) is 17.1 Å². The number of nitro groups is 1. The summed E-state index contributed by atoms with van der Waals surface area (Å²) < 4.78 is 9.80. The van der Waals surface area contributed by atoms with Crippen molar-refractivity contribution in [3.63, 3.8) is 0 Å². The van der Waals surface area contributed by atoms with E-state index < -0.39 is 34.9 Å². The molecule has 0 N–H and O–H groups in total. The summed E-state index contributed by atoms with van der Waals surface area (Å²) in [6, 6.07) is 2.00. The van der Waals surface area contributed by atoms with Crippen LogP contribution in [0.3, 0.4) is 0 Å². The zero-order valence-electron chi connectivity index (χ0n) is 11.2. The molecule has 0 bridgehead atoms. The van der Waals surface area contributed by atoms with Gasteiger partial charge in [-0.25, -0.2) is 0 Å². The van der Waals surface area contributed by atoms with Gasteiger partial charge in [0.15, 0.2) is 11.5 Å². The number of aliphatic carboxylic acids is 2. The van der Waals surface area contributed by atoms with Crippen molar-refractivity contribution in [2.75, 3.05) is 14.2 Å². The highest BCUT2D eigenvalue weighted by molar-refractivity contribution is 5.82. The highest BCUT2D eigenvalue weighted by atomic mass is 16.6. The highest BCUT2D eigenvalue weighted by Gasteiger charge is 2.26. The van der Waals surface area contributed by atoms with Crippen molar-refractivity contribution in [2.45, 2.75) is 12.3 Å². The van der Waals surface area contributed by atoms with E-state index in [0.29, 0.717) is 0 Å². The number of hydrogen-bond acceptors (Lipinski definition) is 8. The van der Waals surface area contributed by atoms with Crippen LogP contribution in [-0.4, -0.2) is 31.1 Å². The summed E-state index contributed by atoms with van der Waals surface area (Å²) in [5, 5.41) is 32.7. The van der Waals surface area contributed by atoms with Gasteiger partial charge < -0.3 is 29.3 Å². The number of ether oxygens (including phenoxy) is 2. The third kappa shape index (κ3) is 3.59. The molecule has 114 valence electrons. The first-order valence-electron chi connectivity index (χ1n) is 5.62. The molecule has 0 aliphatic carbocycles. The van der Waals surface area contributed by atoms with Crippen LogP contribution in [0.5, 0.6) is 11.5 Å². The molecule has 0 saturated heterocycles. The van der Waals surface area contributed by atoms with Gasteiger partial charge in [-0.15, -0.1) is 0 Å². The van der Waals surface area contributed by atoms with Crippen LogP contribution < -0.4 is 19.7 Å². The molecule has 0 aliphatic rings. The third-order valence-electron chi connectivity index (χ3n) is 2.76. The van der Waals surface area contributed by atoms with Gasteiger partial charge in [0.25, 0.3) is 5.69 Å². The monoisotopic (exact) mass is 297 g/mol. The van der Waals surface area contributed by atoms with Crippen LogP contribution in [0.2, 0.25) is 0 Å². The van der Waals surface area contributed by atoms with E-state index in [2.05, 4.69) is 0 Å². The van der Waals surface area contributed by atoms with Crippen LogP contribution in [0, 0.1) is 10.1 Å². The Morgan fingerprint density at radius 3 is 2.10 bits per heavy atom. The molecule has 0 heterocycles. The fourth-order valence-electron chi connectivity index (χ4n) is 1.81. The largest absolute Gasteiger partial charge is 0.550 e.